The summed E-state index contributed by atoms with van der Waals surface area (Å²) in [5.74, 6) is 0.0413. The Morgan fingerprint density at radius 1 is 1.20 bits per heavy atom. The summed E-state index contributed by atoms with van der Waals surface area (Å²) in [4.78, 5) is 38.2. The van der Waals surface area contributed by atoms with Crippen molar-refractivity contribution < 1.29 is 14.7 Å². The number of aryl methyl sites for hydroxylation is 1. The molecule has 158 valence electrons. The van der Waals surface area contributed by atoms with Crippen molar-refractivity contribution in [1.82, 2.24) is 23.3 Å². The number of nitrogens with zero attached hydrogens (tertiary/aromatic N) is 5. The molecule has 3 aromatic rings. The van der Waals surface area contributed by atoms with Gasteiger partial charge in [-0.1, -0.05) is 0 Å². The molecule has 2 bridgehead atoms. The highest BCUT2D eigenvalue weighted by atomic mass is 32.1. The SMILES string of the molecule is Cn1ccn(-c2ccc3c(C(=O)N4CCN5CCC4CC5)nsc3c2)c1=O.O=CO. The minimum Gasteiger partial charge on any atom is -0.483 e. The van der Waals surface area contributed by atoms with Crippen molar-refractivity contribution in [3.05, 3.63) is 46.8 Å². The fourth-order valence-electron chi connectivity index (χ4n) is 4.18. The summed E-state index contributed by atoms with van der Waals surface area (Å²) in [7, 11) is 1.73. The number of benzene rings is 1. The van der Waals surface area contributed by atoms with Gasteiger partial charge in [0.2, 0.25) is 0 Å². The lowest BCUT2D eigenvalue weighted by atomic mass is 10.0. The summed E-state index contributed by atoms with van der Waals surface area (Å²) < 4.78 is 8.55. The minimum atomic E-state index is -0.250. The van der Waals surface area contributed by atoms with Gasteiger partial charge in [-0.15, -0.1) is 0 Å². The van der Waals surface area contributed by atoms with E-state index in [1.54, 1.807) is 24.0 Å². The first kappa shape index (κ1) is 20.3. The Bertz CT molecular complexity index is 1130. The highest BCUT2D eigenvalue weighted by Gasteiger charge is 2.33. The van der Waals surface area contributed by atoms with Crippen molar-refractivity contribution in [3.63, 3.8) is 0 Å². The van der Waals surface area contributed by atoms with Gasteiger partial charge in [-0.05, 0) is 42.6 Å². The molecule has 3 aliphatic heterocycles. The number of carbonyl (C=O) groups excluding carboxylic acids is 1. The van der Waals surface area contributed by atoms with Crippen molar-refractivity contribution in [2.45, 2.75) is 18.9 Å². The second kappa shape index (κ2) is 8.41. The zero-order valence-corrected chi connectivity index (χ0v) is 17.4. The van der Waals surface area contributed by atoms with Crippen LogP contribution in [-0.2, 0) is 11.8 Å². The first-order chi connectivity index (χ1) is 14.5. The molecular weight excluding hydrogens is 406 g/mol. The van der Waals surface area contributed by atoms with E-state index in [2.05, 4.69) is 9.27 Å². The average Bonchev–Trinajstić information content (AvgIpc) is 3.17. The molecule has 9 nitrogen and oxygen atoms in total. The van der Waals surface area contributed by atoms with Crippen LogP contribution in [0.4, 0.5) is 0 Å². The van der Waals surface area contributed by atoms with Gasteiger partial charge in [0.25, 0.3) is 12.4 Å². The predicted octanol–water partition coefficient (Wildman–Crippen LogP) is 1.41. The number of hydrogen-bond donors (Lipinski definition) is 1. The Kier molecular flexibility index (Phi) is 5.69. The van der Waals surface area contributed by atoms with Crippen LogP contribution in [0.3, 0.4) is 0 Å². The molecule has 5 heterocycles. The Morgan fingerprint density at radius 2 is 1.93 bits per heavy atom. The van der Waals surface area contributed by atoms with Gasteiger partial charge in [0.1, 0.15) is 5.69 Å². The van der Waals surface area contributed by atoms with E-state index in [0.29, 0.717) is 11.7 Å². The van der Waals surface area contributed by atoms with Crippen LogP contribution in [0.2, 0.25) is 0 Å². The third kappa shape index (κ3) is 3.63. The van der Waals surface area contributed by atoms with Crippen molar-refractivity contribution >= 4 is 34.0 Å². The molecule has 1 aromatic carbocycles. The lowest BCUT2D eigenvalue weighted by Gasteiger charge is -2.31. The van der Waals surface area contributed by atoms with Crippen LogP contribution < -0.4 is 5.69 Å². The van der Waals surface area contributed by atoms with Crippen LogP contribution in [0.5, 0.6) is 0 Å². The van der Waals surface area contributed by atoms with E-state index < -0.39 is 0 Å². The zero-order chi connectivity index (χ0) is 21.3. The number of carboxylic acid groups (broad SMARTS) is 1. The van der Waals surface area contributed by atoms with E-state index in [0.717, 1.165) is 54.8 Å². The number of amides is 1. The fourth-order valence-corrected chi connectivity index (χ4v) is 4.98. The third-order valence-corrected chi connectivity index (χ3v) is 6.61. The highest BCUT2D eigenvalue weighted by Crippen LogP contribution is 2.28. The molecule has 6 rings (SSSR count). The Morgan fingerprint density at radius 3 is 2.60 bits per heavy atom. The second-order valence-electron chi connectivity index (χ2n) is 7.45. The van der Waals surface area contributed by atoms with Gasteiger partial charge in [0.15, 0.2) is 0 Å². The van der Waals surface area contributed by atoms with Gasteiger partial charge in [-0.3, -0.25) is 14.2 Å². The highest BCUT2D eigenvalue weighted by molar-refractivity contribution is 7.13. The minimum absolute atomic E-state index is 0.0413. The monoisotopic (exact) mass is 429 g/mol. The van der Waals surface area contributed by atoms with Crippen molar-refractivity contribution in [2.75, 3.05) is 26.2 Å². The lowest BCUT2D eigenvalue weighted by molar-refractivity contribution is -0.122. The van der Waals surface area contributed by atoms with Gasteiger partial charge in [-0.25, -0.2) is 4.79 Å². The van der Waals surface area contributed by atoms with Gasteiger partial charge < -0.3 is 19.5 Å². The Balaban J connectivity index is 0.000000687. The number of aromatic nitrogens is 3. The van der Waals surface area contributed by atoms with Gasteiger partial charge in [0, 0.05) is 57.0 Å². The van der Waals surface area contributed by atoms with E-state index in [4.69, 9.17) is 9.90 Å². The van der Waals surface area contributed by atoms with Crippen LogP contribution in [0, 0.1) is 0 Å². The molecule has 3 fully saturated rings. The first-order valence-electron chi connectivity index (χ1n) is 9.78. The molecule has 2 aromatic heterocycles. The average molecular weight is 430 g/mol. The molecule has 0 atom stereocenters. The molecular formula is C20H23N5O4S. The van der Waals surface area contributed by atoms with Crippen LogP contribution in [0.1, 0.15) is 23.3 Å². The molecule has 30 heavy (non-hydrogen) atoms. The molecule has 0 spiro atoms. The summed E-state index contributed by atoms with van der Waals surface area (Å²) >= 11 is 1.32. The molecule has 0 unspecified atom stereocenters. The molecule has 0 saturated carbocycles. The molecule has 0 radical (unpaired) electrons. The van der Waals surface area contributed by atoms with E-state index in [1.165, 1.54) is 16.1 Å². The first-order valence-corrected chi connectivity index (χ1v) is 10.6. The van der Waals surface area contributed by atoms with E-state index in [1.807, 2.05) is 23.1 Å². The van der Waals surface area contributed by atoms with E-state index in [9.17, 15) is 9.59 Å². The quantitative estimate of drug-likeness (QED) is 0.618. The van der Waals surface area contributed by atoms with Crippen LogP contribution in [0.25, 0.3) is 15.8 Å². The molecule has 3 saturated heterocycles. The third-order valence-electron chi connectivity index (χ3n) is 5.80. The smallest absolute Gasteiger partial charge is 0.332 e. The number of piperidine rings is 1. The van der Waals surface area contributed by atoms with Gasteiger partial charge in [0.05, 0.1) is 10.4 Å². The molecule has 1 amide bonds. The summed E-state index contributed by atoms with van der Waals surface area (Å²) in [6.07, 6.45) is 5.59. The Labute approximate surface area is 176 Å². The van der Waals surface area contributed by atoms with E-state index in [-0.39, 0.29) is 18.1 Å². The van der Waals surface area contributed by atoms with Crippen LogP contribution >= 0.6 is 11.5 Å². The molecule has 10 heteroatoms. The van der Waals surface area contributed by atoms with Crippen molar-refractivity contribution in [3.8, 4) is 5.69 Å². The number of rotatable bonds is 2. The molecule has 0 aliphatic carbocycles. The number of fused-ring (bicyclic) bond motifs is 5. The summed E-state index contributed by atoms with van der Waals surface area (Å²) in [6, 6.07) is 6.06. The summed E-state index contributed by atoms with van der Waals surface area (Å²) in [5, 5.41) is 7.76. The Hall–Kier alpha value is -2.98. The standard InChI is InChI=1S/C19H21N5O2S.CH2O2/c1-21-8-10-24(19(21)26)14-2-3-15-16(12-14)27-20-17(15)18(25)23-11-9-22-6-4-13(23)5-7-22;2-1-3/h2-3,8,10,12-13H,4-7,9,11H2,1H3;1H,(H,2,3). The topological polar surface area (TPSA) is 101 Å². The largest absolute Gasteiger partial charge is 0.483 e. The van der Waals surface area contributed by atoms with Crippen LogP contribution in [-0.4, -0.2) is 73.0 Å². The predicted molar refractivity (Wildman–Crippen MR) is 113 cm³/mol. The normalized spacial score (nSPS) is 20.5. The zero-order valence-electron chi connectivity index (χ0n) is 16.6. The maximum absolute atomic E-state index is 13.2. The number of carbonyl (C=O) groups is 2. The lowest BCUT2D eigenvalue weighted by Crippen LogP contribution is -2.41. The van der Waals surface area contributed by atoms with Crippen LogP contribution in [0.15, 0.2) is 35.4 Å². The van der Waals surface area contributed by atoms with Gasteiger partial charge in [-0.2, -0.15) is 4.37 Å². The maximum atomic E-state index is 13.2. The maximum Gasteiger partial charge on any atom is 0.332 e. The number of imidazole rings is 1. The summed E-state index contributed by atoms with van der Waals surface area (Å²) in [5.41, 5.74) is 1.24. The van der Waals surface area contributed by atoms with E-state index >= 15 is 0 Å². The number of hydrogen-bond acceptors (Lipinski definition) is 6. The molecule has 3 aliphatic rings. The fraction of sp³-hybridized carbons (Fsp3) is 0.400. The second-order valence-corrected chi connectivity index (χ2v) is 8.26. The van der Waals surface area contributed by atoms with Crippen molar-refractivity contribution in [2.24, 2.45) is 7.05 Å². The molecule has 1 N–H and O–H groups in total. The summed E-state index contributed by atoms with van der Waals surface area (Å²) in [6.45, 7) is 3.65. The van der Waals surface area contributed by atoms with Gasteiger partial charge >= 0.3 is 5.69 Å². The van der Waals surface area contributed by atoms with Crippen molar-refractivity contribution in [1.29, 1.82) is 0 Å².